The monoisotopic (exact) mass is 1070 g/mol. The third-order valence-electron chi connectivity index (χ3n) is 15.7. The predicted octanol–water partition coefficient (Wildman–Crippen LogP) is 1.93. The van der Waals surface area contributed by atoms with Crippen LogP contribution in [0.15, 0.2) is 59.4 Å². The van der Waals surface area contributed by atoms with Crippen molar-refractivity contribution >= 4 is 58.2 Å². The molecule has 7 N–H and O–H groups in total. The van der Waals surface area contributed by atoms with E-state index in [-0.39, 0.29) is 81.7 Å². The van der Waals surface area contributed by atoms with E-state index in [9.17, 15) is 48.3 Å². The Hall–Kier alpha value is -7.69. The number of imide groups is 1. The van der Waals surface area contributed by atoms with Crippen LogP contribution in [-0.4, -0.2) is 119 Å². The van der Waals surface area contributed by atoms with E-state index in [1.807, 2.05) is 6.92 Å². The van der Waals surface area contributed by atoms with Gasteiger partial charge in [0.2, 0.25) is 35.4 Å². The van der Waals surface area contributed by atoms with Crippen molar-refractivity contribution in [3.63, 3.8) is 0 Å². The van der Waals surface area contributed by atoms with Crippen LogP contribution in [0.3, 0.4) is 0 Å². The molecule has 3 aliphatic heterocycles. The normalized spacial score (nSPS) is 18.8. The summed E-state index contributed by atoms with van der Waals surface area (Å²) in [4.78, 5) is 122. The van der Waals surface area contributed by atoms with Gasteiger partial charge >= 0.3 is 0 Å². The Labute approximate surface area is 448 Å². The molecule has 22 heteroatoms. The summed E-state index contributed by atoms with van der Waals surface area (Å²) in [7, 11) is 0. The van der Waals surface area contributed by atoms with Crippen molar-refractivity contribution in [2.75, 3.05) is 46.1 Å². The zero-order chi connectivity index (χ0) is 55.3. The van der Waals surface area contributed by atoms with Crippen LogP contribution in [0.2, 0.25) is 0 Å². The molecule has 3 atom stereocenters. The molecule has 9 rings (SSSR count). The number of nitrogens with zero attached hydrogens (tertiary/aromatic N) is 3. The molecule has 8 amide bonds. The number of nitrogens with one attached hydrogen (secondary N) is 6. The Balaban J connectivity index is 0.756. The second-order valence-corrected chi connectivity index (χ2v) is 20.7. The maximum atomic E-state index is 15.5. The number of aryl methyl sites for hydroxylation is 1. The van der Waals surface area contributed by atoms with Crippen LogP contribution < -0.4 is 37.5 Å². The first-order chi connectivity index (χ1) is 37.5. The molecule has 2 aromatic carbocycles. The molecule has 21 nitrogen and oxygen atoms in total. The van der Waals surface area contributed by atoms with Gasteiger partial charge < -0.3 is 51.0 Å². The van der Waals surface area contributed by atoms with Crippen LogP contribution in [-0.2, 0) is 79.4 Å². The highest BCUT2D eigenvalue weighted by molar-refractivity contribution is 6.12. The van der Waals surface area contributed by atoms with Crippen molar-refractivity contribution < 1.29 is 57.3 Å². The number of amides is 8. The number of pyridine rings is 2. The molecule has 0 saturated heterocycles. The Morgan fingerprint density at radius 1 is 0.885 bits per heavy atom. The van der Waals surface area contributed by atoms with Crippen LogP contribution in [0.1, 0.15) is 110 Å². The Bertz CT molecular complexity index is 3160. The number of ether oxygens (including phenoxy) is 2. The smallest absolute Gasteiger partial charge is 0.257 e. The summed E-state index contributed by atoms with van der Waals surface area (Å²) in [6.07, 6.45) is 7.28. The van der Waals surface area contributed by atoms with Crippen molar-refractivity contribution in [1.29, 1.82) is 0 Å². The van der Waals surface area contributed by atoms with Gasteiger partial charge in [-0.1, -0.05) is 50.1 Å². The van der Waals surface area contributed by atoms with Crippen molar-refractivity contribution in [3.05, 3.63) is 110 Å². The Morgan fingerprint density at radius 2 is 1.60 bits per heavy atom. The van der Waals surface area contributed by atoms with Crippen molar-refractivity contribution in [3.8, 4) is 11.4 Å². The van der Waals surface area contributed by atoms with E-state index in [0.717, 1.165) is 33.4 Å². The van der Waals surface area contributed by atoms with Gasteiger partial charge in [0.15, 0.2) is 0 Å². The summed E-state index contributed by atoms with van der Waals surface area (Å²) in [6, 6.07) is 10.4. The van der Waals surface area contributed by atoms with E-state index in [2.05, 4.69) is 31.9 Å². The fourth-order valence-electron chi connectivity index (χ4n) is 11.0. The van der Waals surface area contributed by atoms with E-state index in [1.54, 1.807) is 47.9 Å². The van der Waals surface area contributed by atoms with E-state index < -0.39 is 72.2 Å². The summed E-state index contributed by atoms with van der Waals surface area (Å²) in [5.41, 5.74) is 3.28. The molecule has 5 heterocycles. The second kappa shape index (κ2) is 23.5. The number of carbonyl (C=O) groups is 8. The minimum absolute atomic E-state index is 0.0149. The molecule has 0 spiro atoms. The molecule has 4 aromatic rings. The van der Waals surface area contributed by atoms with E-state index in [0.29, 0.717) is 90.5 Å². The van der Waals surface area contributed by atoms with Gasteiger partial charge in [-0.25, -0.2) is 9.37 Å². The third-order valence-corrected chi connectivity index (χ3v) is 15.7. The van der Waals surface area contributed by atoms with E-state index >= 15 is 4.39 Å². The van der Waals surface area contributed by atoms with E-state index in [1.165, 1.54) is 18.2 Å². The number of hydrogen-bond donors (Lipinski definition) is 7. The minimum Gasteiger partial charge on any atom is -0.383 e. The Kier molecular flexibility index (Phi) is 16.6. The van der Waals surface area contributed by atoms with Crippen LogP contribution in [0.4, 0.5) is 4.39 Å². The number of halogens is 1. The molecule has 412 valence electrons. The SMILES string of the molecule is CC[C@@]1(O)COCc2c1cc1n(c2=O)Cc2c-1nc1cc(F)c(C)c3c1c2[C@@H](NC(=O)C1(COCNC(=O)CNC(=O)[C@H](Cc2ccccc2)NC(=O)CNC(=O)CNC(=O)CCCCCN2C(=O)C=CC2=O)CCC1)CC3. The van der Waals surface area contributed by atoms with Gasteiger partial charge in [0.1, 0.15) is 24.2 Å². The molecular formula is C56H64FN9O12. The molecule has 1 fully saturated rings. The summed E-state index contributed by atoms with van der Waals surface area (Å²) < 4.78 is 28.7. The van der Waals surface area contributed by atoms with Gasteiger partial charge in [0.05, 0.1) is 74.4 Å². The average molecular weight is 1070 g/mol. The summed E-state index contributed by atoms with van der Waals surface area (Å²) >= 11 is 0. The highest BCUT2D eigenvalue weighted by atomic mass is 19.1. The summed E-state index contributed by atoms with van der Waals surface area (Å²) in [6.45, 7) is 2.43. The van der Waals surface area contributed by atoms with Crippen molar-refractivity contribution in [2.45, 2.75) is 115 Å². The quantitative estimate of drug-likeness (QED) is 0.0280. The van der Waals surface area contributed by atoms with Gasteiger partial charge in [0.25, 0.3) is 17.4 Å². The van der Waals surface area contributed by atoms with Gasteiger partial charge in [-0.15, -0.1) is 0 Å². The molecule has 78 heavy (non-hydrogen) atoms. The zero-order valence-corrected chi connectivity index (χ0v) is 43.7. The van der Waals surface area contributed by atoms with Gasteiger partial charge in [-0.05, 0) is 85.8 Å². The number of unbranched alkanes of at least 4 members (excludes halogenated alkanes) is 2. The van der Waals surface area contributed by atoms with Crippen LogP contribution in [0, 0.1) is 18.2 Å². The van der Waals surface area contributed by atoms with Crippen LogP contribution >= 0.6 is 0 Å². The molecule has 0 bridgehead atoms. The predicted molar refractivity (Wildman–Crippen MR) is 279 cm³/mol. The number of hydrogen-bond acceptors (Lipinski definition) is 13. The van der Waals surface area contributed by atoms with Crippen LogP contribution in [0.25, 0.3) is 22.3 Å². The summed E-state index contributed by atoms with van der Waals surface area (Å²) in [5, 5.41) is 28.2. The molecular weight excluding hydrogens is 1010 g/mol. The van der Waals surface area contributed by atoms with Crippen LogP contribution in [0.5, 0.6) is 0 Å². The maximum Gasteiger partial charge on any atom is 0.257 e. The number of benzene rings is 2. The lowest BCUT2D eigenvalue weighted by molar-refractivity contribution is -0.143. The molecule has 5 aliphatic rings. The molecule has 2 aromatic heterocycles. The van der Waals surface area contributed by atoms with Crippen molar-refractivity contribution in [1.82, 2.24) is 46.4 Å². The lowest BCUT2D eigenvalue weighted by Gasteiger charge is -2.41. The topological polar surface area (TPSA) is 286 Å². The molecule has 0 radical (unpaired) electrons. The first-order valence-corrected chi connectivity index (χ1v) is 26.5. The third kappa shape index (κ3) is 11.6. The second-order valence-electron chi connectivity index (χ2n) is 20.7. The number of fused-ring (bicyclic) bond motifs is 5. The summed E-state index contributed by atoms with van der Waals surface area (Å²) in [5.74, 6) is -4.35. The fourth-order valence-corrected chi connectivity index (χ4v) is 11.0. The highest BCUT2D eigenvalue weighted by Crippen LogP contribution is 2.47. The number of carbonyl (C=O) groups excluding carboxylic acids is 8. The standard InChI is InChI=1S/C56H64FN9O12/c1-3-56(76)30-77-28-36-37(56)22-42-51-35(27-66(42)53(36)74)50-39(15-14-34-32(2)38(57)23-40(63-51)49(34)50)64-54(75)55(18-10-19-55)29-78-31-61-45(69)25-60-52(73)41(21-33-11-6-4-7-12-33)62-46(70)26-59-44(68)24-58-43(67)13-8-5-9-20-65-47(71)16-17-48(65)72/h4,6-7,11-12,16-17,22-23,39,41,76H,3,5,8-10,13-15,18-21,24-31H2,1-2H3,(H,58,67)(H,59,68)(H,60,73)(H,61,69)(H,62,70)(H,64,75)/t39-,41-,56+/m0/s1. The largest absolute Gasteiger partial charge is 0.383 e. The number of rotatable bonds is 23. The maximum absolute atomic E-state index is 15.5. The molecule has 0 unspecified atom stereocenters. The number of aromatic nitrogens is 2. The number of aliphatic hydroxyl groups is 1. The van der Waals surface area contributed by atoms with E-state index in [4.69, 9.17) is 14.5 Å². The van der Waals surface area contributed by atoms with Gasteiger partial charge in [0, 0.05) is 54.1 Å². The first kappa shape index (κ1) is 55.1. The lowest BCUT2D eigenvalue weighted by atomic mass is 9.68. The molecule has 1 saturated carbocycles. The molecule has 2 aliphatic carbocycles. The lowest BCUT2D eigenvalue weighted by Crippen LogP contribution is -2.52. The highest BCUT2D eigenvalue weighted by Gasteiger charge is 2.46. The first-order valence-electron chi connectivity index (χ1n) is 26.5. The minimum atomic E-state index is -1.36. The Morgan fingerprint density at radius 3 is 2.33 bits per heavy atom. The fraction of sp³-hybridized carbons (Fsp3) is 0.464. The van der Waals surface area contributed by atoms with Gasteiger partial charge in [-0.2, -0.15) is 0 Å². The van der Waals surface area contributed by atoms with Crippen molar-refractivity contribution in [2.24, 2.45) is 5.41 Å². The van der Waals surface area contributed by atoms with Gasteiger partial charge in [-0.3, -0.25) is 48.1 Å². The average Bonchev–Trinajstić information content (AvgIpc) is 4.16. The zero-order valence-electron chi connectivity index (χ0n) is 43.7.